The van der Waals surface area contributed by atoms with Crippen LogP contribution in [0.1, 0.15) is 43.0 Å². The Bertz CT molecular complexity index is 1640. The summed E-state index contributed by atoms with van der Waals surface area (Å²) in [6, 6.07) is 18.8. The Morgan fingerprint density at radius 3 is 1.62 bits per heavy atom. The Kier molecular flexibility index (Phi) is 13.6. The van der Waals surface area contributed by atoms with Gasteiger partial charge in [0.15, 0.2) is 0 Å². The third-order valence-corrected chi connectivity index (χ3v) is 6.75. The number of aromatic hydroxyl groups is 1. The molecule has 15 heteroatoms. The number of alkyl halides is 7. The number of primary amides is 2. The van der Waals surface area contributed by atoms with Crippen LogP contribution in [0.3, 0.4) is 0 Å². The predicted molar refractivity (Wildman–Crippen MR) is 161 cm³/mol. The fourth-order valence-electron chi connectivity index (χ4n) is 3.26. The Morgan fingerprint density at radius 1 is 0.711 bits per heavy atom. The molecule has 0 aliphatic heterocycles. The van der Waals surface area contributed by atoms with Gasteiger partial charge in [-0.25, -0.2) is 0 Å². The number of nitrogens with two attached hydrogens (primary N) is 2. The van der Waals surface area contributed by atoms with Crippen LogP contribution in [-0.4, -0.2) is 16.9 Å². The summed E-state index contributed by atoms with van der Waals surface area (Å²) in [6.45, 7) is 0.0478. The van der Waals surface area contributed by atoms with Crippen LogP contribution in [0, 0.1) is 0 Å². The van der Waals surface area contributed by atoms with Crippen molar-refractivity contribution in [3.63, 3.8) is 0 Å². The molecule has 0 saturated heterocycles. The summed E-state index contributed by atoms with van der Waals surface area (Å²) in [6.07, 6.45) is -8.88. The highest BCUT2D eigenvalue weighted by Crippen LogP contribution is 2.35. The first-order valence-corrected chi connectivity index (χ1v) is 14.2. The van der Waals surface area contributed by atoms with E-state index in [0.717, 1.165) is 41.2 Å². The maximum Gasteiger partial charge on any atom is 0.416 e. The number of benzene rings is 4. The van der Waals surface area contributed by atoms with E-state index in [1.807, 2.05) is 12.1 Å². The number of hydrogen-bond donors (Lipinski definition) is 3. The molecule has 0 unspecified atom stereocenters. The van der Waals surface area contributed by atoms with Crippen LogP contribution in [0.25, 0.3) is 0 Å². The first-order chi connectivity index (χ1) is 20.9. The highest BCUT2D eigenvalue weighted by Gasteiger charge is 2.31. The lowest BCUT2D eigenvalue weighted by Gasteiger charge is -2.11. The van der Waals surface area contributed by atoms with Crippen molar-refractivity contribution in [2.24, 2.45) is 11.5 Å². The van der Waals surface area contributed by atoms with E-state index < -0.39 is 29.4 Å². The number of amides is 2. The molecule has 0 saturated carbocycles. The Morgan fingerprint density at radius 2 is 1.18 bits per heavy atom. The Labute approximate surface area is 271 Å². The van der Waals surface area contributed by atoms with Crippen molar-refractivity contribution < 1.29 is 45.8 Å². The summed E-state index contributed by atoms with van der Waals surface area (Å²) < 4.78 is 78.8. The van der Waals surface area contributed by atoms with E-state index in [9.17, 15) is 35.9 Å². The minimum atomic E-state index is -4.46. The van der Waals surface area contributed by atoms with Crippen LogP contribution < -0.4 is 16.2 Å². The number of rotatable bonds is 6. The third kappa shape index (κ3) is 12.2. The third-order valence-electron chi connectivity index (χ3n) is 5.51. The number of carbonyl (C=O) groups is 2. The van der Waals surface area contributed by atoms with Crippen molar-refractivity contribution in [1.29, 1.82) is 0 Å². The summed E-state index contributed by atoms with van der Waals surface area (Å²) in [5.74, 6) is -1.19. The van der Waals surface area contributed by atoms with Gasteiger partial charge >= 0.3 is 12.4 Å². The lowest BCUT2D eigenvalue weighted by atomic mass is 10.1. The standard InChI is InChI=1S/C15H11ClF3NO2.C8H8BrNO.C7H4ClF3O/c16-12-7-11(15(17,18)19)4-5-13(12)22-8-9-2-1-3-10(6-9)14(20)21;9-5-6-2-1-3-7(4-6)8(10)11;8-5-3-4(7(9,10)11)1-2-6(5)12/h1-7H,8H2,(H2,20,21);1-4H,5H2,(H2,10,11);1-3,12H. The summed E-state index contributed by atoms with van der Waals surface area (Å²) in [5.41, 5.74) is 11.1. The lowest BCUT2D eigenvalue weighted by molar-refractivity contribution is -0.138. The number of halogens is 9. The van der Waals surface area contributed by atoms with Gasteiger partial charge in [-0.05, 0) is 71.8 Å². The predicted octanol–water partition coefficient (Wildman–Crippen LogP) is 8.78. The van der Waals surface area contributed by atoms with E-state index in [2.05, 4.69) is 15.9 Å². The highest BCUT2D eigenvalue weighted by atomic mass is 79.9. The van der Waals surface area contributed by atoms with Gasteiger partial charge in [-0.15, -0.1) is 0 Å². The van der Waals surface area contributed by atoms with Crippen molar-refractivity contribution in [3.05, 3.63) is 128 Å². The molecule has 2 amide bonds. The molecule has 4 rings (SSSR count). The second-order valence-electron chi connectivity index (χ2n) is 8.86. The largest absolute Gasteiger partial charge is 0.506 e. The number of ether oxygens (including phenoxy) is 1. The first kappa shape index (κ1) is 37.2. The molecule has 45 heavy (non-hydrogen) atoms. The molecular weight excluding hydrogens is 717 g/mol. The molecule has 0 aliphatic carbocycles. The monoisotopic (exact) mass is 738 g/mol. The molecule has 4 aromatic rings. The number of phenolic OH excluding ortho intramolecular Hbond substituents is 1. The molecular formula is C30H23BrCl2F6N2O4. The molecule has 0 fully saturated rings. The normalized spacial score (nSPS) is 11.0. The maximum atomic E-state index is 12.5. The van der Waals surface area contributed by atoms with Crippen molar-refractivity contribution >= 4 is 50.9 Å². The fraction of sp³-hybridized carbons (Fsp3) is 0.133. The van der Waals surface area contributed by atoms with Crippen LogP contribution >= 0.6 is 39.1 Å². The quantitative estimate of drug-likeness (QED) is 0.135. The van der Waals surface area contributed by atoms with E-state index in [-0.39, 0.29) is 34.1 Å². The van der Waals surface area contributed by atoms with E-state index in [4.69, 9.17) is 44.5 Å². The average Bonchev–Trinajstić information content (AvgIpc) is 2.97. The molecule has 0 aromatic heterocycles. The van der Waals surface area contributed by atoms with E-state index >= 15 is 0 Å². The van der Waals surface area contributed by atoms with Gasteiger partial charge in [0.05, 0.1) is 21.2 Å². The zero-order valence-corrected chi connectivity index (χ0v) is 25.8. The lowest BCUT2D eigenvalue weighted by Crippen LogP contribution is -2.11. The Balaban J connectivity index is 0.000000259. The SMILES string of the molecule is NC(=O)c1cccc(CBr)c1.NC(=O)c1cccc(COc2ccc(C(F)(F)F)cc2Cl)c1.Oc1ccc(C(F)(F)F)cc1Cl. The summed E-state index contributed by atoms with van der Waals surface area (Å²) >= 11 is 14.3. The second kappa shape index (κ2) is 16.4. The van der Waals surface area contributed by atoms with Gasteiger partial charge in [-0.2, -0.15) is 26.3 Å². The van der Waals surface area contributed by atoms with Gasteiger partial charge in [0.2, 0.25) is 11.8 Å². The molecule has 0 aliphatic rings. The highest BCUT2D eigenvalue weighted by molar-refractivity contribution is 9.08. The Hall–Kier alpha value is -3.94. The molecule has 0 bridgehead atoms. The second-order valence-corrected chi connectivity index (χ2v) is 10.2. The molecule has 0 radical (unpaired) electrons. The minimum absolute atomic E-state index is 0.0478. The number of phenols is 1. The molecule has 0 atom stereocenters. The number of carbonyl (C=O) groups excluding carboxylic acids is 2. The van der Waals surface area contributed by atoms with Crippen molar-refractivity contribution in [3.8, 4) is 11.5 Å². The topological polar surface area (TPSA) is 116 Å². The van der Waals surface area contributed by atoms with Crippen molar-refractivity contribution in [2.45, 2.75) is 24.3 Å². The van der Waals surface area contributed by atoms with Crippen LogP contribution in [0.2, 0.25) is 10.0 Å². The zero-order valence-electron chi connectivity index (χ0n) is 22.7. The van der Waals surface area contributed by atoms with Gasteiger partial charge in [0.1, 0.15) is 18.1 Å². The molecule has 0 heterocycles. The van der Waals surface area contributed by atoms with E-state index in [1.54, 1.807) is 36.4 Å². The van der Waals surface area contributed by atoms with Crippen LogP contribution in [0.15, 0.2) is 84.9 Å². The average molecular weight is 740 g/mol. The smallest absolute Gasteiger partial charge is 0.416 e. The summed E-state index contributed by atoms with van der Waals surface area (Å²) in [7, 11) is 0. The van der Waals surface area contributed by atoms with Crippen LogP contribution in [-0.2, 0) is 24.3 Å². The van der Waals surface area contributed by atoms with E-state index in [0.29, 0.717) is 22.8 Å². The molecule has 5 N–H and O–H groups in total. The van der Waals surface area contributed by atoms with Crippen molar-refractivity contribution in [1.82, 2.24) is 0 Å². The van der Waals surface area contributed by atoms with E-state index in [1.165, 1.54) is 0 Å². The molecule has 240 valence electrons. The first-order valence-electron chi connectivity index (χ1n) is 12.3. The zero-order chi connectivity index (χ0) is 33.9. The molecule has 6 nitrogen and oxygen atoms in total. The maximum absolute atomic E-state index is 12.5. The van der Waals surface area contributed by atoms with Gasteiger partial charge in [-0.3, -0.25) is 9.59 Å². The fourth-order valence-corrected chi connectivity index (χ4v) is 4.03. The minimum Gasteiger partial charge on any atom is -0.506 e. The molecule has 0 spiro atoms. The summed E-state index contributed by atoms with van der Waals surface area (Å²) in [4.78, 5) is 21.7. The molecule has 4 aromatic carbocycles. The van der Waals surface area contributed by atoms with Gasteiger partial charge < -0.3 is 21.3 Å². The van der Waals surface area contributed by atoms with Gasteiger partial charge in [-0.1, -0.05) is 63.4 Å². The van der Waals surface area contributed by atoms with Crippen LogP contribution in [0.4, 0.5) is 26.3 Å². The van der Waals surface area contributed by atoms with Crippen molar-refractivity contribution in [2.75, 3.05) is 0 Å². The van der Waals surface area contributed by atoms with Gasteiger partial charge in [0.25, 0.3) is 0 Å². The van der Waals surface area contributed by atoms with Gasteiger partial charge in [0, 0.05) is 16.5 Å². The summed E-state index contributed by atoms with van der Waals surface area (Å²) in [5, 5.41) is 9.12. The van der Waals surface area contributed by atoms with Crippen LogP contribution in [0.5, 0.6) is 11.5 Å². The number of hydrogen-bond acceptors (Lipinski definition) is 4.